The van der Waals surface area contributed by atoms with Crippen molar-refractivity contribution in [1.82, 2.24) is 15.1 Å². The van der Waals surface area contributed by atoms with Crippen LogP contribution in [0.15, 0.2) is 30.5 Å². The quantitative estimate of drug-likeness (QED) is 0.673. The van der Waals surface area contributed by atoms with Gasteiger partial charge in [-0.1, -0.05) is 19.9 Å². The van der Waals surface area contributed by atoms with Crippen LogP contribution in [0.25, 0.3) is 5.69 Å². The summed E-state index contributed by atoms with van der Waals surface area (Å²) in [6, 6.07) is 5.73. The summed E-state index contributed by atoms with van der Waals surface area (Å²) in [6.07, 6.45) is 1.52. The molecule has 0 radical (unpaired) electrons. The zero-order chi connectivity index (χ0) is 14.7. The molecule has 0 spiro atoms. The molecule has 2 aromatic rings. The number of hydrogen-bond donors (Lipinski definition) is 1. The highest BCUT2D eigenvalue weighted by Gasteiger charge is 2.20. The molecule has 0 aliphatic rings. The number of nitrogens with one attached hydrogen (secondary N) is 1. The number of hydrogen-bond acceptors (Lipinski definition) is 4. The Hall–Kier alpha value is -2.28. The predicted octanol–water partition coefficient (Wildman–Crippen LogP) is 2.42. The molecule has 0 amide bonds. The third-order valence-electron chi connectivity index (χ3n) is 2.73. The highest BCUT2D eigenvalue weighted by Crippen LogP contribution is 2.25. The molecule has 0 bridgehead atoms. The fourth-order valence-corrected chi connectivity index (χ4v) is 1.77. The van der Waals surface area contributed by atoms with E-state index in [1.165, 1.54) is 29.1 Å². The zero-order valence-corrected chi connectivity index (χ0v) is 11.2. The lowest BCUT2D eigenvalue weighted by Crippen LogP contribution is -2.22. The molecule has 1 aromatic carbocycles. The topological polar surface area (TPSA) is 73.0 Å². The molecule has 0 atom stereocenters. The number of nitro benzene ring substituents is 1. The van der Waals surface area contributed by atoms with Crippen LogP contribution in [-0.2, 0) is 6.54 Å². The molecule has 20 heavy (non-hydrogen) atoms. The Kier molecular flexibility index (Phi) is 4.09. The van der Waals surface area contributed by atoms with Crippen molar-refractivity contribution in [2.45, 2.75) is 26.4 Å². The van der Waals surface area contributed by atoms with Crippen LogP contribution in [0.4, 0.5) is 10.1 Å². The van der Waals surface area contributed by atoms with E-state index in [-0.39, 0.29) is 11.4 Å². The van der Waals surface area contributed by atoms with E-state index in [1.807, 2.05) is 13.8 Å². The Balaban J connectivity index is 2.35. The van der Waals surface area contributed by atoms with Crippen molar-refractivity contribution in [3.05, 3.63) is 52.1 Å². The minimum atomic E-state index is -0.675. The lowest BCUT2D eigenvalue weighted by Gasteiger charge is -2.06. The monoisotopic (exact) mass is 278 g/mol. The van der Waals surface area contributed by atoms with E-state index in [4.69, 9.17) is 0 Å². The molecule has 106 valence electrons. The van der Waals surface area contributed by atoms with Gasteiger partial charge in [0.2, 0.25) is 0 Å². The summed E-state index contributed by atoms with van der Waals surface area (Å²) >= 11 is 0. The Morgan fingerprint density at radius 3 is 2.85 bits per heavy atom. The molecule has 0 aliphatic carbocycles. The molecular weight excluding hydrogens is 263 g/mol. The molecule has 0 fully saturated rings. The molecule has 0 saturated carbocycles. The van der Waals surface area contributed by atoms with Crippen molar-refractivity contribution in [3.8, 4) is 5.69 Å². The SMILES string of the molecule is CC(C)NCc1ccn(-c2c(F)cccc2[N+](=O)[O-])n1. The van der Waals surface area contributed by atoms with Gasteiger partial charge in [0, 0.05) is 24.8 Å². The number of halogens is 1. The van der Waals surface area contributed by atoms with Crippen molar-refractivity contribution in [2.75, 3.05) is 0 Å². The van der Waals surface area contributed by atoms with Crippen LogP contribution in [0, 0.1) is 15.9 Å². The van der Waals surface area contributed by atoms with Crippen LogP contribution in [0.2, 0.25) is 0 Å². The normalized spacial score (nSPS) is 11.0. The third-order valence-corrected chi connectivity index (χ3v) is 2.73. The fraction of sp³-hybridized carbons (Fsp3) is 0.308. The molecule has 7 heteroatoms. The summed E-state index contributed by atoms with van der Waals surface area (Å²) in [4.78, 5) is 10.3. The Morgan fingerprint density at radius 1 is 1.45 bits per heavy atom. The van der Waals surface area contributed by atoms with Crippen LogP contribution in [0.1, 0.15) is 19.5 Å². The van der Waals surface area contributed by atoms with E-state index in [0.717, 1.165) is 0 Å². The van der Waals surface area contributed by atoms with Gasteiger partial charge in [-0.2, -0.15) is 5.10 Å². The van der Waals surface area contributed by atoms with Crippen molar-refractivity contribution in [2.24, 2.45) is 0 Å². The first-order chi connectivity index (χ1) is 9.49. The summed E-state index contributed by atoms with van der Waals surface area (Å²) in [5.41, 5.74) is 0.237. The van der Waals surface area contributed by atoms with Gasteiger partial charge >= 0.3 is 0 Å². The molecule has 1 aromatic heterocycles. The second-order valence-electron chi connectivity index (χ2n) is 4.65. The number of nitro groups is 1. The summed E-state index contributed by atoms with van der Waals surface area (Å²) < 4.78 is 15.0. The van der Waals surface area contributed by atoms with Crippen molar-refractivity contribution in [1.29, 1.82) is 0 Å². The Morgan fingerprint density at radius 2 is 2.20 bits per heavy atom. The van der Waals surface area contributed by atoms with Gasteiger partial charge in [0.05, 0.1) is 10.6 Å². The number of para-hydroxylation sites is 1. The standard InChI is InChI=1S/C13H15FN4O2/c1-9(2)15-8-10-6-7-17(16-10)13-11(14)4-3-5-12(13)18(19)20/h3-7,9,15H,8H2,1-2H3. The summed E-state index contributed by atoms with van der Waals surface area (Å²) in [7, 11) is 0. The van der Waals surface area contributed by atoms with Gasteiger partial charge in [0.1, 0.15) is 0 Å². The van der Waals surface area contributed by atoms with Gasteiger partial charge in [-0.3, -0.25) is 10.1 Å². The highest BCUT2D eigenvalue weighted by atomic mass is 19.1. The molecular formula is C13H15FN4O2. The van der Waals surface area contributed by atoms with Gasteiger partial charge < -0.3 is 5.32 Å². The first-order valence-corrected chi connectivity index (χ1v) is 6.20. The lowest BCUT2D eigenvalue weighted by molar-refractivity contribution is -0.384. The van der Waals surface area contributed by atoms with Crippen LogP contribution in [-0.4, -0.2) is 20.7 Å². The predicted molar refractivity (Wildman–Crippen MR) is 72.2 cm³/mol. The summed E-state index contributed by atoms with van der Waals surface area (Å²) in [5, 5.41) is 18.3. The molecule has 1 heterocycles. The maximum Gasteiger partial charge on any atom is 0.297 e. The first kappa shape index (κ1) is 14.1. The minimum Gasteiger partial charge on any atom is -0.309 e. The minimum absolute atomic E-state index is 0.145. The largest absolute Gasteiger partial charge is 0.309 e. The molecule has 0 aliphatic heterocycles. The average molecular weight is 278 g/mol. The van der Waals surface area contributed by atoms with Gasteiger partial charge in [-0.15, -0.1) is 0 Å². The average Bonchev–Trinajstić information content (AvgIpc) is 2.84. The molecule has 0 unspecified atom stereocenters. The van der Waals surface area contributed by atoms with Crippen LogP contribution in [0.3, 0.4) is 0 Å². The van der Waals surface area contributed by atoms with E-state index in [9.17, 15) is 14.5 Å². The molecule has 0 saturated heterocycles. The smallest absolute Gasteiger partial charge is 0.297 e. The van der Waals surface area contributed by atoms with E-state index < -0.39 is 10.7 Å². The van der Waals surface area contributed by atoms with Gasteiger partial charge in [0.25, 0.3) is 5.69 Å². The second kappa shape index (κ2) is 5.79. The molecule has 2 rings (SSSR count). The highest BCUT2D eigenvalue weighted by molar-refractivity contribution is 5.52. The molecule has 6 nitrogen and oxygen atoms in total. The van der Waals surface area contributed by atoms with Crippen molar-refractivity contribution < 1.29 is 9.31 Å². The second-order valence-corrected chi connectivity index (χ2v) is 4.65. The van der Waals surface area contributed by atoms with Crippen molar-refractivity contribution >= 4 is 5.69 Å². The summed E-state index contributed by atoms with van der Waals surface area (Å²) in [6.45, 7) is 4.52. The van der Waals surface area contributed by atoms with E-state index in [0.29, 0.717) is 18.3 Å². The molecule has 1 N–H and O–H groups in total. The first-order valence-electron chi connectivity index (χ1n) is 6.20. The number of rotatable bonds is 5. The van der Waals surface area contributed by atoms with Gasteiger partial charge in [-0.25, -0.2) is 9.07 Å². The Labute approximate surface area is 115 Å². The van der Waals surface area contributed by atoms with Crippen LogP contribution < -0.4 is 5.32 Å². The fourth-order valence-electron chi connectivity index (χ4n) is 1.77. The zero-order valence-electron chi connectivity index (χ0n) is 11.2. The van der Waals surface area contributed by atoms with E-state index >= 15 is 0 Å². The number of aromatic nitrogens is 2. The third kappa shape index (κ3) is 3.00. The van der Waals surface area contributed by atoms with Gasteiger partial charge in [-0.05, 0) is 12.1 Å². The maximum atomic E-state index is 13.8. The van der Waals surface area contributed by atoms with Crippen molar-refractivity contribution in [3.63, 3.8) is 0 Å². The van der Waals surface area contributed by atoms with Gasteiger partial charge in [0.15, 0.2) is 11.5 Å². The maximum absolute atomic E-state index is 13.8. The number of nitrogens with zero attached hydrogens (tertiary/aromatic N) is 3. The Bertz CT molecular complexity index is 625. The summed E-state index contributed by atoms with van der Waals surface area (Å²) in [5.74, 6) is -0.675. The van der Waals surface area contributed by atoms with E-state index in [1.54, 1.807) is 6.07 Å². The van der Waals surface area contributed by atoms with Crippen LogP contribution >= 0.6 is 0 Å². The van der Waals surface area contributed by atoms with E-state index in [2.05, 4.69) is 10.4 Å². The van der Waals surface area contributed by atoms with Crippen LogP contribution in [0.5, 0.6) is 0 Å². The number of benzene rings is 1. The lowest BCUT2D eigenvalue weighted by atomic mass is 10.2.